The molecule has 1 fully saturated rings. The van der Waals surface area contributed by atoms with Crippen LogP contribution in [0.4, 0.5) is 0 Å². The number of halogens is 1. The molecule has 0 bridgehead atoms. The second-order valence-electron chi connectivity index (χ2n) is 5.37. The number of hydrogen-bond donors (Lipinski definition) is 1. The van der Waals surface area contributed by atoms with Gasteiger partial charge >= 0.3 is 0 Å². The van der Waals surface area contributed by atoms with E-state index in [4.69, 9.17) is 0 Å². The van der Waals surface area contributed by atoms with Crippen LogP contribution in [0.25, 0.3) is 0 Å². The molecule has 108 valence electrons. The first-order valence-electron chi connectivity index (χ1n) is 6.71. The van der Waals surface area contributed by atoms with Gasteiger partial charge in [-0.3, -0.25) is 0 Å². The molecule has 1 aliphatic rings. The lowest BCUT2D eigenvalue weighted by Gasteiger charge is -2.26. The van der Waals surface area contributed by atoms with E-state index in [1.165, 1.54) is 37.0 Å². The van der Waals surface area contributed by atoms with Crippen LogP contribution in [-0.2, 0) is 10.0 Å². The van der Waals surface area contributed by atoms with Gasteiger partial charge in [0.25, 0.3) is 10.0 Å². The number of thiophene rings is 1. The lowest BCUT2D eigenvalue weighted by Crippen LogP contribution is -2.26. The standard InChI is InChI=1S/C13H20BrNO2S2/c1-10-2-4-11(5-3-10)6-8-15-19(16,17)13-12(14)7-9-18-13/h7,9-11,15H,2-6,8H2,1H3. The van der Waals surface area contributed by atoms with Gasteiger partial charge < -0.3 is 0 Å². The highest BCUT2D eigenvalue weighted by molar-refractivity contribution is 9.10. The molecule has 1 aliphatic carbocycles. The molecule has 0 unspecified atom stereocenters. The molecule has 0 saturated heterocycles. The third kappa shape index (κ3) is 4.28. The van der Waals surface area contributed by atoms with Crippen LogP contribution in [0.1, 0.15) is 39.0 Å². The molecule has 3 nitrogen and oxygen atoms in total. The van der Waals surface area contributed by atoms with E-state index in [-0.39, 0.29) is 0 Å². The molecule has 6 heteroatoms. The van der Waals surface area contributed by atoms with Gasteiger partial charge in [-0.2, -0.15) is 0 Å². The molecule has 0 spiro atoms. The van der Waals surface area contributed by atoms with Crippen molar-refractivity contribution < 1.29 is 8.42 Å². The summed E-state index contributed by atoms with van der Waals surface area (Å²) in [7, 11) is -3.34. The monoisotopic (exact) mass is 365 g/mol. The van der Waals surface area contributed by atoms with Gasteiger partial charge in [0.1, 0.15) is 4.21 Å². The molecule has 2 rings (SSSR count). The molecule has 0 amide bonds. The van der Waals surface area contributed by atoms with Crippen LogP contribution < -0.4 is 4.72 Å². The molecule has 19 heavy (non-hydrogen) atoms. The van der Waals surface area contributed by atoms with Crippen LogP contribution in [0, 0.1) is 11.8 Å². The summed E-state index contributed by atoms with van der Waals surface area (Å²) in [6.45, 7) is 2.85. The summed E-state index contributed by atoms with van der Waals surface area (Å²) in [6.07, 6.45) is 6.01. The Balaban J connectivity index is 1.81. The number of sulfonamides is 1. The summed E-state index contributed by atoms with van der Waals surface area (Å²) in [5, 5.41) is 1.78. The first-order chi connectivity index (χ1) is 8.99. The van der Waals surface area contributed by atoms with Gasteiger partial charge in [0.15, 0.2) is 0 Å². The Kier molecular flexibility index (Phi) is 5.45. The van der Waals surface area contributed by atoms with E-state index in [2.05, 4.69) is 27.6 Å². The zero-order valence-corrected chi connectivity index (χ0v) is 14.3. The second kappa shape index (κ2) is 6.70. The van der Waals surface area contributed by atoms with Gasteiger partial charge in [-0.15, -0.1) is 11.3 Å². The van der Waals surface area contributed by atoms with Crippen molar-refractivity contribution in [3.05, 3.63) is 15.9 Å². The van der Waals surface area contributed by atoms with E-state index in [1.807, 2.05) is 0 Å². The topological polar surface area (TPSA) is 46.2 Å². The zero-order valence-electron chi connectivity index (χ0n) is 11.1. The van der Waals surface area contributed by atoms with Crippen molar-refractivity contribution in [2.45, 2.75) is 43.2 Å². The van der Waals surface area contributed by atoms with Crippen LogP contribution in [0.2, 0.25) is 0 Å². The normalized spacial score (nSPS) is 24.5. The third-order valence-electron chi connectivity index (χ3n) is 3.81. The molecule has 1 aromatic heterocycles. The Bertz CT molecular complexity index is 504. The third-order valence-corrected chi connectivity index (χ3v) is 7.94. The average molecular weight is 366 g/mol. The average Bonchev–Trinajstić information content (AvgIpc) is 2.79. The first-order valence-corrected chi connectivity index (χ1v) is 9.87. The molecule has 0 radical (unpaired) electrons. The molecule has 1 saturated carbocycles. The van der Waals surface area contributed by atoms with E-state index in [0.29, 0.717) is 21.1 Å². The van der Waals surface area contributed by atoms with Gasteiger partial charge in [-0.05, 0) is 45.6 Å². The maximum atomic E-state index is 12.1. The highest BCUT2D eigenvalue weighted by Gasteiger charge is 2.21. The smallest absolute Gasteiger partial charge is 0.210 e. The lowest BCUT2D eigenvalue weighted by molar-refractivity contribution is 0.278. The van der Waals surface area contributed by atoms with E-state index >= 15 is 0 Å². The fourth-order valence-electron chi connectivity index (χ4n) is 2.55. The molecular weight excluding hydrogens is 346 g/mol. The molecule has 0 aromatic carbocycles. The Labute approximate surface area is 128 Å². The summed E-state index contributed by atoms with van der Waals surface area (Å²) in [5.74, 6) is 1.53. The van der Waals surface area contributed by atoms with Crippen molar-refractivity contribution in [3.63, 3.8) is 0 Å². The Morgan fingerprint density at radius 1 is 1.37 bits per heavy atom. The lowest BCUT2D eigenvalue weighted by atomic mass is 9.81. The fraction of sp³-hybridized carbons (Fsp3) is 0.692. The summed E-state index contributed by atoms with van der Waals surface area (Å²) in [4.78, 5) is 0. The van der Waals surface area contributed by atoms with Crippen molar-refractivity contribution in [1.82, 2.24) is 4.72 Å². The maximum absolute atomic E-state index is 12.1. The minimum Gasteiger partial charge on any atom is -0.210 e. The van der Waals surface area contributed by atoms with Crippen LogP contribution in [0.15, 0.2) is 20.1 Å². The summed E-state index contributed by atoms with van der Waals surface area (Å²) >= 11 is 4.51. The van der Waals surface area contributed by atoms with Gasteiger partial charge in [0.05, 0.1) is 0 Å². The van der Waals surface area contributed by atoms with E-state index in [9.17, 15) is 8.42 Å². The Hall–Kier alpha value is 0.0900. The van der Waals surface area contributed by atoms with Crippen molar-refractivity contribution in [2.24, 2.45) is 11.8 Å². The van der Waals surface area contributed by atoms with Gasteiger partial charge in [0, 0.05) is 11.0 Å². The van der Waals surface area contributed by atoms with E-state index in [1.54, 1.807) is 11.4 Å². The fourth-order valence-corrected chi connectivity index (χ4v) is 5.98. The Morgan fingerprint density at radius 2 is 2.05 bits per heavy atom. The van der Waals surface area contributed by atoms with Crippen LogP contribution in [-0.4, -0.2) is 15.0 Å². The minimum absolute atomic E-state index is 0.379. The minimum atomic E-state index is -3.34. The maximum Gasteiger partial charge on any atom is 0.251 e. The molecule has 0 atom stereocenters. The van der Waals surface area contributed by atoms with Crippen LogP contribution in [0.3, 0.4) is 0 Å². The highest BCUT2D eigenvalue weighted by atomic mass is 79.9. The Morgan fingerprint density at radius 3 is 2.63 bits per heavy atom. The SMILES string of the molecule is CC1CCC(CCNS(=O)(=O)c2sccc2Br)CC1. The first kappa shape index (κ1) is 15.5. The van der Waals surface area contributed by atoms with Crippen molar-refractivity contribution in [3.8, 4) is 0 Å². The zero-order chi connectivity index (χ0) is 13.9. The van der Waals surface area contributed by atoms with Crippen molar-refractivity contribution >= 4 is 37.3 Å². The molecule has 1 heterocycles. The van der Waals surface area contributed by atoms with Crippen molar-refractivity contribution in [1.29, 1.82) is 0 Å². The summed E-state index contributed by atoms with van der Waals surface area (Å²) < 4.78 is 27.9. The van der Waals surface area contributed by atoms with Crippen molar-refractivity contribution in [2.75, 3.05) is 6.54 Å². The predicted molar refractivity (Wildman–Crippen MR) is 82.9 cm³/mol. The summed E-state index contributed by atoms with van der Waals surface area (Å²) in [6, 6.07) is 1.77. The molecule has 0 aliphatic heterocycles. The van der Waals surface area contributed by atoms with Gasteiger partial charge in [0.2, 0.25) is 0 Å². The molecule has 1 aromatic rings. The van der Waals surface area contributed by atoms with Crippen LogP contribution >= 0.6 is 27.3 Å². The quantitative estimate of drug-likeness (QED) is 0.856. The molecule has 1 N–H and O–H groups in total. The number of rotatable bonds is 5. The molecular formula is C13H20BrNO2S2. The van der Waals surface area contributed by atoms with E-state index in [0.717, 1.165) is 12.3 Å². The number of hydrogen-bond acceptors (Lipinski definition) is 3. The highest BCUT2D eigenvalue weighted by Crippen LogP contribution is 2.30. The summed E-state index contributed by atoms with van der Waals surface area (Å²) in [5.41, 5.74) is 0. The van der Waals surface area contributed by atoms with Gasteiger partial charge in [-0.1, -0.05) is 32.6 Å². The largest absolute Gasteiger partial charge is 0.251 e. The van der Waals surface area contributed by atoms with Gasteiger partial charge in [-0.25, -0.2) is 13.1 Å². The predicted octanol–water partition coefficient (Wildman–Crippen LogP) is 4.01. The second-order valence-corrected chi connectivity index (χ2v) is 9.10. The van der Waals surface area contributed by atoms with E-state index < -0.39 is 10.0 Å². The number of nitrogens with one attached hydrogen (secondary N) is 1. The van der Waals surface area contributed by atoms with Crippen LogP contribution in [0.5, 0.6) is 0 Å².